The Bertz CT molecular complexity index is 1570. The van der Waals surface area contributed by atoms with Gasteiger partial charge in [0.05, 0.1) is 30.6 Å². The van der Waals surface area contributed by atoms with Crippen LogP contribution in [0.15, 0.2) is 108 Å². The number of carbonyl (C=O) groups is 1. The van der Waals surface area contributed by atoms with E-state index < -0.39 is 12.1 Å². The molecule has 0 saturated heterocycles. The fourth-order valence-corrected chi connectivity index (χ4v) is 4.18. The van der Waals surface area contributed by atoms with Crippen molar-refractivity contribution in [3.8, 4) is 11.8 Å². The van der Waals surface area contributed by atoms with Crippen molar-refractivity contribution in [3.05, 3.63) is 137 Å². The van der Waals surface area contributed by atoms with Gasteiger partial charge in [-0.3, -0.25) is 0 Å². The van der Waals surface area contributed by atoms with Gasteiger partial charge in [-0.05, 0) is 53.1 Å². The molecule has 1 aromatic heterocycles. The van der Waals surface area contributed by atoms with Crippen LogP contribution in [0.3, 0.4) is 0 Å². The Labute approximate surface area is 214 Å². The summed E-state index contributed by atoms with van der Waals surface area (Å²) >= 11 is 0. The molecule has 1 heterocycles. The standard InChI is InChI=1S/C32H23NO4/c1-35-27-15-13-23(14-17-30-28-16-12-22(20-33)18-26(28)21-36-30)29(19-27)32(34)37-31(24-8-4-2-5-9-24)25-10-6-3-7-11-25/h2-19,21,31H,1H3. The number of hydrogen-bond acceptors (Lipinski definition) is 5. The molecule has 0 saturated carbocycles. The van der Waals surface area contributed by atoms with Gasteiger partial charge in [0.15, 0.2) is 6.10 Å². The van der Waals surface area contributed by atoms with Gasteiger partial charge in [0.1, 0.15) is 11.5 Å². The summed E-state index contributed by atoms with van der Waals surface area (Å²) in [6, 6.07) is 32.1. The van der Waals surface area contributed by atoms with Gasteiger partial charge in [0.2, 0.25) is 0 Å². The molecule has 37 heavy (non-hydrogen) atoms. The van der Waals surface area contributed by atoms with Crippen LogP contribution in [0.1, 0.15) is 44.5 Å². The summed E-state index contributed by atoms with van der Waals surface area (Å²) in [5, 5.41) is 10.9. The number of rotatable bonds is 7. The van der Waals surface area contributed by atoms with Crippen molar-refractivity contribution in [1.82, 2.24) is 0 Å². The van der Waals surface area contributed by atoms with Gasteiger partial charge < -0.3 is 13.9 Å². The van der Waals surface area contributed by atoms with E-state index in [0.717, 1.165) is 21.9 Å². The first-order valence-corrected chi connectivity index (χ1v) is 11.7. The maximum atomic E-state index is 13.6. The van der Waals surface area contributed by atoms with E-state index in [1.165, 1.54) is 0 Å². The zero-order valence-electron chi connectivity index (χ0n) is 20.1. The minimum absolute atomic E-state index is 0.370. The van der Waals surface area contributed by atoms with E-state index in [2.05, 4.69) is 6.07 Å². The fourth-order valence-electron chi connectivity index (χ4n) is 4.18. The molecule has 0 fully saturated rings. The van der Waals surface area contributed by atoms with Crippen molar-refractivity contribution in [2.75, 3.05) is 7.11 Å². The number of nitriles is 1. The first-order chi connectivity index (χ1) is 18.2. The number of esters is 1. The summed E-state index contributed by atoms with van der Waals surface area (Å²) < 4.78 is 17.2. The summed E-state index contributed by atoms with van der Waals surface area (Å²) in [6.07, 6.45) is 4.66. The monoisotopic (exact) mass is 485 g/mol. The lowest BCUT2D eigenvalue weighted by molar-refractivity contribution is 0.0377. The number of nitrogens with zero attached hydrogens (tertiary/aromatic N) is 1. The molecule has 0 atom stereocenters. The Balaban J connectivity index is 1.49. The minimum Gasteiger partial charge on any atom is -0.497 e. The Morgan fingerprint density at radius 3 is 2.24 bits per heavy atom. The Kier molecular flexibility index (Phi) is 6.82. The Morgan fingerprint density at radius 1 is 0.892 bits per heavy atom. The van der Waals surface area contributed by atoms with Crippen LogP contribution >= 0.6 is 0 Å². The summed E-state index contributed by atoms with van der Waals surface area (Å²) in [6.45, 7) is 0. The molecule has 0 aliphatic carbocycles. The van der Waals surface area contributed by atoms with Gasteiger partial charge in [0, 0.05) is 10.8 Å². The summed E-state index contributed by atoms with van der Waals surface area (Å²) in [4.78, 5) is 13.6. The molecule has 5 aromatic rings. The van der Waals surface area contributed by atoms with E-state index in [-0.39, 0.29) is 0 Å². The molecule has 0 unspecified atom stereocenters. The van der Waals surface area contributed by atoms with Gasteiger partial charge in [-0.1, -0.05) is 72.8 Å². The van der Waals surface area contributed by atoms with Crippen LogP contribution in [0.25, 0.3) is 22.9 Å². The fraction of sp³-hybridized carbons (Fsp3) is 0.0625. The average Bonchev–Trinajstić information content (AvgIpc) is 3.37. The third-order valence-corrected chi connectivity index (χ3v) is 6.08. The smallest absolute Gasteiger partial charge is 0.339 e. The van der Waals surface area contributed by atoms with Crippen LogP contribution < -0.4 is 4.74 Å². The summed E-state index contributed by atoms with van der Waals surface area (Å²) in [5.41, 5.74) is 3.34. The normalized spacial score (nSPS) is 11.1. The maximum Gasteiger partial charge on any atom is 0.339 e. The molecule has 0 spiro atoms. The number of fused-ring (bicyclic) bond motifs is 1. The molecule has 0 radical (unpaired) electrons. The SMILES string of the molecule is COc1ccc(C=Cc2occ3cc(C#N)ccc23)c(C(=O)OC(c2ccccc2)c2ccccc2)c1. The maximum absolute atomic E-state index is 13.6. The third-order valence-electron chi connectivity index (χ3n) is 6.08. The molecule has 5 rings (SSSR count). The molecular formula is C32H23NO4. The molecule has 5 heteroatoms. The van der Waals surface area contributed by atoms with Crippen LogP contribution in [-0.2, 0) is 4.74 Å². The topological polar surface area (TPSA) is 72.5 Å². The predicted molar refractivity (Wildman–Crippen MR) is 143 cm³/mol. The highest BCUT2D eigenvalue weighted by Gasteiger charge is 2.22. The third kappa shape index (κ3) is 5.14. The highest BCUT2D eigenvalue weighted by molar-refractivity contribution is 5.97. The van der Waals surface area contributed by atoms with Crippen molar-refractivity contribution in [1.29, 1.82) is 5.26 Å². The van der Waals surface area contributed by atoms with E-state index in [1.54, 1.807) is 43.7 Å². The Morgan fingerprint density at radius 2 is 1.59 bits per heavy atom. The second-order valence-corrected chi connectivity index (χ2v) is 8.41. The molecule has 4 aromatic carbocycles. The highest BCUT2D eigenvalue weighted by atomic mass is 16.5. The number of carbonyl (C=O) groups excluding carboxylic acids is 1. The van der Waals surface area contributed by atoms with Crippen molar-refractivity contribution < 1.29 is 18.7 Å². The largest absolute Gasteiger partial charge is 0.497 e. The molecule has 0 bridgehead atoms. The van der Waals surface area contributed by atoms with Crippen LogP contribution in [0.5, 0.6) is 5.75 Å². The summed E-state index contributed by atoms with van der Waals surface area (Å²) in [5.74, 6) is 0.702. The van der Waals surface area contributed by atoms with Crippen LogP contribution in [-0.4, -0.2) is 13.1 Å². The Hall–Kier alpha value is -5.08. The van der Waals surface area contributed by atoms with Gasteiger partial charge >= 0.3 is 5.97 Å². The number of furan rings is 1. The van der Waals surface area contributed by atoms with Crippen molar-refractivity contribution >= 4 is 28.9 Å². The lowest BCUT2D eigenvalue weighted by atomic mass is 10.0. The van der Waals surface area contributed by atoms with Crippen molar-refractivity contribution in [3.63, 3.8) is 0 Å². The number of benzene rings is 4. The van der Waals surface area contributed by atoms with Crippen LogP contribution in [0, 0.1) is 11.3 Å². The van der Waals surface area contributed by atoms with Crippen LogP contribution in [0.2, 0.25) is 0 Å². The van der Waals surface area contributed by atoms with E-state index in [0.29, 0.717) is 28.2 Å². The molecule has 0 N–H and O–H groups in total. The van der Waals surface area contributed by atoms with Gasteiger partial charge in [-0.15, -0.1) is 0 Å². The number of methoxy groups -OCH3 is 1. The molecule has 0 aliphatic rings. The lowest BCUT2D eigenvalue weighted by Crippen LogP contribution is -2.14. The quantitative estimate of drug-likeness (QED) is 0.224. The zero-order chi connectivity index (χ0) is 25.6. The first kappa shape index (κ1) is 23.7. The minimum atomic E-state index is -0.568. The van der Waals surface area contributed by atoms with E-state index in [1.807, 2.05) is 78.9 Å². The van der Waals surface area contributed by atoms with E-state index in [9.17, 15) is 4.79 Å². The molecule has 0 amide bonds. The molecular weight excluding hydrogens is 462 g/mol. The second kappa shape index (κ2) is 10.7. The predicted octanol–water partition coefficient (Wildman–Crippen LogP) is 7.43. The molecule has 180 valence electrons. The van der Waals surface area contributed by atoms with E-state index in [4.69, 9.17) is 19.2 Å². The van der Waals surface area contributed by atoms with Gasteiger partial charge in [-0.25, -0.2) is 4.79 Å². The van der Waals surface area contributed by atoms with Crippen LogP contribution in [0.4, 0.5) is 0 Å². The average molecular weight is 486 g/mol. The van der Waals surface area contributed by atoms with Gasteiger partial charge in [0.25, 0.3) is 0 Å². The molecule has 5 nitrogen and oxygen atoms in total. The number of ether oxygens (including phenoxy) is 2. The highest BCUT2D eigenvalue weighted by Crippen LogP contribution is 2.30. The van der Waals surface area contributed by atoms with E-state index >= 15 is 0 Å². The first-order valence-electron chi connectivity index (χ1n) is 11.7. The van der Waals surface area contributed by atoms with Gasteiger partial charge in [-0.2, -0.15) is 5.26 Å². The molecule has 0 aliphatic heterocycles. The number of hydrogen-bond donors (Lipinski definition) is 0. The van der Waals surface area contributed by atoms with Crippen molar-refractivity contribution in [2.45, 2.75) is 6.10 Å². The summed E-state index contributed by atoms with van der Waals surface area (Å²) in [7, 11) is 1.56. The second-order valence-electron chi connectivity index (χ2n) is 8.41. The van der Waals surface area contributed by atoms with Crippen molar-refractivity contribution in [2.24, 2.45) is 0 Å². The lowest BCUT2D eigenvalue weighted by Gasteiger charge is -2.20. The zero-order valence-corrected chi connectivity index (χ0v) is 20.1.